The molecular weight excluding hydrogens is 628 g/mol. The van der Waals surface area contributed by atoms with Crippen molar-refractivity contribution in [3.63, 3.8) is 0 Å². The molecule has 0 spiro atoms. The van der Waals surface area contributed by atoms with E-state index in [0.717, 1.165) is 46.2 Å². The largest absolute Gasteiger partial charge is 0.481 e. The maximum atomic E-state index is 12.0. The van der Waals surface area contributed by atoms with Gasteiger partial charge in [0.05, 0.1) is 0 Å². The lowest BCUT2D eigenvalue weighted by Gasteiger charge is -2.27. The second kappa shape index (κ2) is 19.7. The number of carboxylic acids is 1. The van der Waals surface area contributed by atoms with Crippen LogP contribution in [0.15, 0.2) is 97.1 Å². The lowest BCUT2D eigenvalue weighted by Crippen LogP contribution is -2.27. The molecule has 0 radical (unpaired) electrons. The van der Waals surface area contributed by atoms with Crippen LogP contribution in [-0.2, 0) is 27.4 Å². The van der Waals surface area contributed by atoms with Crippen molar-refractivity contribution in [2.24, 2.45) is 0 Å². The zero-order valence-corrected chi connectivity index (χ0v) is 29.9. The molecule has 0 aliphatic heterocycles. The van der Waals surface area contributed by atoms with Crippen LogP contribution in [0.3, 0.4) is 0 Å². The Morgan fingerprint density at radius 3 is 1.46 bits per heavy atom. The third kappa shape index (κ3) is 13.7. The second-order valence-electron chi connectivity index (χ2n) is 13.4. The van der Waals surface area contributed by atoms with E-state index < -0.39 is 11.6 Å². The maximum Gasteiger partial charge on any atom is 0.306 e. The first-order chi connectivity index (χ1) is 23.9. The molecule has 8 nitrogen and oxygen atoms in total. The van der Waals surface area contributed by atoms with E-state index in [1.54, 1.807) is 0 Å². The second-order valence-corrected chi connectivity index (χ2v) is 13.4. The summed E-state index contributed by atoms with van der Waals surface area (Å²) in [5.41, 5.74) is 7.03. The summed E-state index contributed by atoms with van der Waals surface area (Å²) in [5, 5.41) is 8.86. The van der Waals surface area contributed by atoms with Gasteiger partial charge < -0.3 is 19.6 Å². The van der Waals surface area contributed by atoms with Crippen molar-refractivity contribution < 1.29 is 29.0 Å². The number of anilines is 2. The number of rotatable bonds is 16. The van der Waals surface area contributed by atoms with Gasteiger partial charge in [-0.25, -0.2) is 0 Å². The summed E-state index contributed by atoms with van der Waals surface area (Å²) in [4.78, 5) is 49.9. The summed E-state index contributed by atoms with van der Waals surface area (Å²) >= 11 is 0. The molecule has 0 bridgehead atoms. The molecule has 0 saturated heterocycles. The first-order valence-corrected chi connectivity index (χ1v) is 17.0. The maximum absolute atomic E-state index is 12.0. The fourth-order valence-electron chi connectivity index (χ4n) is 5.46. The van der Waals surface area contributed by atoms with Crippen molar-refractivity contribution in [3.8, 4) is 0 Å². The van der Waals surface area contributed by atoms with E-state index in [0.29, 0.717) is 56.6 Å². The van der Waals surface area contributed by atoms with Crippen LogP contribution in [0.4, 0.5) is 11.4 Å². The van der Waals surface area contributed by atoms with Gasteiger partial charge in [-0.3, -0.25) is 19.2 Å². The molecule has 0 aliphatic carbocycles. The third-order valence-corrected chi connectivity index (χ3v) is 7.79. The first kappa shape index (κ1) is 39.2. The summed E-state index contributed by atoms with van der Waals surface area (Å²) in [7, 11) is 0. The van der Waals surface area contributed by atoms with Crippen molar-refractivity contribution >= 4 is 35.9 Å². The standard InChI is InChI=1S/C23H29NO3.C19H21NO3/c1-18-12-13-20(17-25)21(15-18)24(16-19-9-6-5-7-10-19)14-8-11-22(26)27-23(2,3)4;1-15-9-10-17(14-21)18(12-15)20(11-5-8-19(22)23)13-16-6-3-2-4-7-16/h5-7,9-10,12-13,15,17H,8,11,14,16H2,1-4H3;2-4,6-7,9-10,12,14H,5,8,11,13H2,1H3,(H,22,23). The van der Waals surface area contributed by atoms with E-state index in [9.17, 15) is 19.2 Å². The van der Waals surface area contributed by atoms with E-state index >= 15 is 0 Å². The van der Waals surface area contributed by atoms with Gasteiger partial charge in [-0.15, -0.1) is 0 Å². The molecule has 4 aromatic rings. The Bertz CT molecular complexity index is 1680. The van der Waals surface area contributed by atoms with Gasteiger partial charge in [0.25, 0.3) is 0 Å². The minimum absolute atomic E-state index is 0.119. The zero-order chi connectivity index (χ0) is 36.5. The monoisotopic (exact) mass is 678 g/mol. The number of aliphatic carboxylic acids is 1. The predicted molar refractivity (Wildman–Crippen MR) is 200 cm³/mol. The molecule has 4 aromatic carbocycles. The molecule has 0 aliphatic rings. The van der Waals surface area contributed by atoms with Gasteiger partial charge in [0.15, 0.2) is 12.6 Å². The fourth-order valence-corrected chi connectivity index (χ4v) is 5.46. The van der Waals surface area contributed by atoms with Gasteiger partial charge in [-0.1, -0.05) is 72.8 Å². The number of carbonyl (C=O) groups excluding carboxylic acids is 3. The topological polar surface area (TPSA) is 104 Å². The lowest BCUT2D eigenvalue weighted by molar-refractivity contribution is -0.154. The van der Waals surface area contributed by atoms with Crippen molar-refractivity contribution in [3.05, 3.63) is 130 Å². The number of hydrogen-bond acceptors (Lipinski definition) is 7. The average molecular weight is 679 g/mol. The smallest absolute Gasteiger partial charge is 0.306 e. The highest BCUT2D eigenvalue weighted by Crippen LogP contribution is 2.25. The third-order valence-electron chi connectivity index (χ3n) is 7.79. The number of nitrogens with zero attached hydrogens (tertiary/aromatic N) is 2. The van der Waals surface area contributed by atoms with Crippen LogP contribution >= 0.6 is 0 Å². The highest BCUT2D eigenvalue weighted by Gasteiger charge is 2.18. The molecule has 50 heavy (non-hydrogen) atoms. The number of carbonyl (C=O) groups is 4. The molecule has 0 unspecified atom stereocenters. The van der Waals surface area contributed by atoms with Crippen LogP contribution in [-0.4, -0.2) is 48.3 Å². The summed E-state index contributed by atoms with van der Waals surface area (Å²) < 4.78 is 5.39. The van der Waals surface area contributed by atoms with Gasteiger partial charge >= 0.3 is 11.9 Å². The summed E-state index contributed by atoms with van der Waals surface area (Å²) in [6.45, 7) is 12.2. The minimum atomic E-state index is -0.801. The molecule has 0 amide bonds. The number of ether oxygens (including phenoxy) is 1. The summed E-state index contributed by atoms with van der Waals surface area (Å²) in [6.07, 6.45) is 3.41. The van der Waals surface area contributed by atoms with Gasteiger partial charge in [-0.2, -0.15) is 0 Å². The van der Waals surface area contributed by atoms with Crippen LogP contribution < -0.4 is 9.80 Å². The quantitative estimate of drug-likeness (QED) is 0.0928. The fraction of sp³-hybridized carbons (Fsp3) is 0.333. The van der Waals surface area contributed by atoms with Crippen LogP contribution in [0.1, 0.15) is 89.4 Å². The first-order valence-electron chi connectivity index (χ1n) is 17.0. The van der Waals surface area contributed by atoms with E-state index in [1.807, 2.05) is 120 Å². The normalized spacial score (nSPS) is 10.7. The summed E-state index contributed by atoms with van der Waals surface area (Å²) in [5.74, 6) is -0.994. The number of carboxylic acid groups (broad SMARTS) is 1. The SMILES string of the molecule is Cc1ccc(C=O)c(N(CCCC(=O)O)Cc2ccccc2)c1.Cc1ccc(C=O)c(N(CCCC(=O)OC(C)(C)C)Cc2ccccc2)c1. The molecule has 0 fully saturated rings. The van der Waals surface area contributed by atoms with Crippen LogP contribution in [0, 0.1) is 13.8 Å². The molecule has 264 valence electrons. The Morgan fingerprint density at radius 2 is 1.08 bits per heavy atom. The highest BCUT2D eigenvalue weighted by molar-refractivity contribution is 5.85. The number of benzene rings is 4. The number of esters is 1. The molecule has 1 N–H and O–H groups in total. The van der Waals surface area contributed by atoms with Crippen molar-refractivity contribution in [2.45, 2.75) is 79.0 Å². The Hall–Kier alpha value is -5.24. The zero-order valence-electron chi connectivity index (χ0n) is 29.9. The molecule has 0 aromatic heterocycles. The van der Waals surface area contributed by atoms with Crippen molar-refractivity contribution in [1.82, 2.24) is 0 Å². The van der Waals surface area contributed by atoms with Crippen LogP contribution in [0.25, 0.3) is 0 Å². The lowest BCUT2D eigenvalue weighted by atomic mass is 10.1. The molecule has 0 saturated carbocycles. The number of hydrogen-bond donors (Lipinski definition) is 1. The average Bonchev–Trinajstić information content (AvgIpc) is 3.07. The van der Waals surface area contributed by atoms with E-state index in [2.05, 4.69) is 21.9 Å². The van der Waals surface area contributed by atoms with Crippen molar-refractivity contribution in [2.75, 3.05) is 22.9 Å². The van der Waals surface area contributed by atoms with Crippen molar-refractivity contribution in [1.29, 1.82) is 0 Å². The van der Waals surface area contributed by atoms with E-state index in [1.165, 1.54) is 0 Å². The van der Waals surface area contributed by atoms with Gasteiger partial charge in [0.1, 0.15) is 5.60 Å². The van der Waals surface area contributed by atoms with E-state index in [4.69, 9.17) is 9.84 Å². The predicted octanol–water partition coefficient (Wildman–Crippen LogP) is 8.61. The highest BCUT2D eigenvalue weighted by atomic mass is 16.6. The van der Waals surface area contributed by atoms with Gasteiger partial charge in [0, 0.05) is 61.5 Å². The molecule has 0 atom stereocenters. The Kier molecular flexibility index (Phi) is 15.4. The summed E-state index contributed by atoms with van der Waals surface area (Å²) in [6, 6.07) is 31.6. The molecule has 4 rings (SSSR count). The van der Waals surface area contributed by atoms with Crippen LogP contribution in [0.5, 0.6) is 0 Å². The Balaban J connectivity index is 0.000000274. The molecule has 8 heteroatoms. The Labute approximate surface area is 296 Å². The van der Waals surface area contributed by atoms with Crippen LogP contribution in [0.2, 0.25) is 0 Å². The number of aryl methyl sites for hydroxylation is 2. The van der Waals surface area contributed by atoms with Gasteiger partial charge in [0.2, 0.25) is 0 Å². The van der Waals surface area contributed by atoms with E-state index in [-0.39, 0.29) is 12.4 Å². The minimum Gasteiger partial charge on any atom is -0.481 e. The molecule has 0 heterocycles. The number of aldehydes is 2. The van der Waals surface area contributed by atoms with Gasteiger partial charge in [-0.05, 0) is 94.0 Å². The Morgan fingerprint density at radius 1 is 0.660 bits per heavy atom. The molecular formula is C42H50N2O6.